The first-order valence-corrected chi connectivity index (χ1v) is 9.73. The molecule has 0 amide bonds. The van der Waals surface area contributed by atoms with Gasteiger partial charge in [-0.1, -0.05) is 6.42 Å². The van der Waals surface area contributed by atoms with E-state index in [9.17, 15) is 18.4 Å². The number of carbonyl (C=O) groups is 1. The van der Waals surface area contributed by atoms with Crippen molar-refractivity contribution in [3.63, 3.8) is 0 Å². The number of carboxylic acid groups (broad SMARTS) is 1. The number of aliphatic carboxylic acids is 1. The lowest BCUT2D eigenvalue weighted by Crippen LogP contribution is -2.23. The number of nitriles is 1. The Morgan fingerprint density at radius 3 is 2.81 bits per heavy atom. The van der Waals surface area contributed by atoms with Crippen LogP contribution in [0.3, 0.4) is 0 Å². The third-order valence-electron chi connectivity index (χ3n) is 5.44. The number of alkyl halides is 3. The summed E-state index contributed by atoms with van der Waals surface area (Å²) in [5.41, 5.74) is 2.76. The van der Waals surface area contributed by atoms with E-state index in [1.54, 1.807) is 6.33 Å². The highest BCUT2D eigenvalue weighted by Gasteiger charge is 2.38. The molecule has 3 aromatic rings. The number of aromatic amines is 1. The average Bonchev–Trinajstić information content (AvgIpc) is 3.42. The van der Waals surface area contributed by atoms with E-state index in [1.807, 2.05) is 25.4 Å². The molecule has 0 aliphatic heterocycles. The van der Waals surface area contributed by atoms with Crippen molar-refractivity contribution in [2.75, 3.05) is 0 Å². The van der Waals surface area contributed by atoms with Crippen LogP contribution in [-0.4, -0.2) is 42.0 Å². The third kappa shape index (κ3) is 5.20. The highest BCUT2D eigenvalue weighted by Crippen LogP contribution is 2.37. The lowest BCUT2D eigenvalue weighted by atomic mass is 9.79. The summed E-state index contributed by atoms with van der Waals surface area (Å²) < 4.78 is 33.8. The minimum absolute atomic E-state index is 0.115. The van der Waals surface area contributed by atoms with Crippen LogP contribution >= 0.6 is 0 Å². The molecular formula is C20H21F3N6O2. The van der Waals surface area contributed by atoms with Gasteiger partial charge in [0.15, 0.2) is 0 Å². The van der Waals surface area contributed by atoms with Gasteiger partial charge in [-0.15, -0.1) is 0 Å². The number of fused-ring (bicyclic) bond motifs is 1. The first kappa shape index (κ1) is 22.3. The van der Waals surface area contributed by atoms with Gasteiger partial charge in [0, 0.05) is 29.3 Å². The maximum atomic E-state index is 10.6. The summed E-state index contributed by atoms with van der Waals surface area (Å²) in [5.74, 6) is -2.17. The Labute approximate surface area is 175 Å². The molecule has 3 aromatic heterocycles. The Balaban J connectivity index is 0.000000339. The molecule has 0 bridgehead atoms. The zero-order valence-corrected chi connectivity index (χ0v) is 16.7. The summed E-state index contributed by atoms with van der Waals surface area (Å²) in [5, 5.41) is 21.9. The monoisotopic (exact) mass is 434 g/mol. The van der Waals surface area contributed by atoms with E-state index in [0.29, 0.717) is 12.0 Å². The Morgan fingerprint density at radius 1 is 1.39 bits per heavy atom. The Kier molecular flexibility index (Phi) is 6.58. The van der Waals surface area contributed by atoms with Crippen LogP contribution in [0.25, 0.3) is 22.3 Å². The maximum Gasteiger partial charge on any atom is 0.490 e. The number of nitrogens with one attached hydrogen (secondary N) is 1. The van der Waals surface area contributed by atoms with Crippen LogP contribution in [0.1, 0.15) is 38.6 Å². The molecule has 3 heterocycles. The fourth-order valence-corrected chi connectivity index (χ4v) is 3.76. The normalized spacial score (nSPS) is 19.8. The molecule has 2 N–H and O–H groups in total. The standard InChI is InChI=1S/C18H20N6.C2HF3O2/c1-12(8-19)13-3-2-4-15(7-13)24-10-14(9-23-24)17-16-5-6-20-18(16)22-11-21-17;3-2(4,5)1(6)7/h5-6,9-13,15H,2-4,7H2,1H3,(H,20,21,22);(H,6,7). The van der Waals surface area contributed by atoms with E-state index in [-0.39, 0.29) is 5.92 Å². The van der Waals surface area contributed by atoms with E-state index in [0.717, 1.165) is 48.0 Å². The molecule has 3 atom stereocenters. The topological polar surface area (TPSA) is 120 Å². The number of carboxylic acids is 1. The highest BCUT2D eigenvalue weighted by molar-refractivity contribution is 5.89. The number of hydrogen-bond donors (Lipinski definition) is 2. The molecule has 0 radical (unpaired) electrons. The maximum absolute atomic E-state index is 10.6. The largest absolute Gasteiger partial charge is 0.490 e. The van der Waals surface area contributed by atoms with Crippen LogP contribution in [0.5, 0.6) is 0 Å². The number of H-pyrrole nitrogens is 1. The smallest absolute Gasteiger partial charge is 0.475 e. The van der Waals surface area contributed by atoms with Gasteiger partial charge in [0.2, 0.25) is 0 Å². The molecule has 11 heteroatoms. The molecular weight excluding hydrogens is 413 g/mol. The SMILES string of the molecule is CC(C#N)C1CCCC(n2cc(-c3ncnc4[nH]ccc34)cn2)C1.O=C(O)C(F)(F)F. The summed E-state index contributed by atoms with van der Waals surface area (Å²) >= 11 is 0. The molecule has 3 unspecified atom stereocenters. The minimum atomic E-state index is -5.08. The predicted molar refractivity (Wildman–Crippen MR) is 105 cm³/mol. The number of halogens is 3. The van der Waals surface area contributed by atoms with Gasteiger partial charge in [-0.3, -0.25) is 4.68 Å². The van der Waals surface area contributed by atoms with Gasteiger partial charge in [-0.2, -0.15) is 23.5 Å². The van der Waals surface area contributed by atoms with Gasteiger partial charge >= 0.3 is 12.1 Å². The van der Waals surface area contributed by atoms with Crippen LogP contribution in [0.2, 0.25) is 0 Å². The number of aromatic nitrogens is 5. The Morgan fingerprint density at radius 2 is 2.13 bits per heavy atom. The molecule has 31 heavy (non-hydrogen) atoms. The molecule has 1 saturated carbocycles. The highest BCUT2D eigenvalue weighted by atomic mass is 19.4. The predicted octanol–water partition coefficient (Wildman–Crippen LogP) is 4.35. The fraction of sp³-hybridized carbons (Fsp3) is 0.450. The minimum Gasteiger partial charge on any atom is -0.475 e. The second-order valence-corrected chi connectivity index (χ2v) is 7.47. The van der Waals surface area contributed by atoms with Crippen LogP contribution < -0.4 is 0 Å². The molecule has 0 saturated heterocycles. The summed E-state index contributed by atoms with van der Waals surface area (Å²) in [6.45, 7) is 2.03. The van der Waals surface area contributed by atoms with Crippen LogP contribution in [0.4, 0.5) is 13.2 Å². The first-order chi connectivity index (χ1) is 14.7. The van der Waals surface area contributed by atoms with Gasteiger partial charge in [0.25, 0.3) is 0 Å². The number of nitrogens with zero attached hydrogens (tertiary/aromatic N) is 5. The van der Waals surface area contributed by atoms with Gasteiger partial charge in [-0.25, -0.2) is 14.8 Å². The molecule has 0 spiro atoms. The summed E-state index contributed by atoms with van der Waals surface area (Å²) in [7, 11) is 0. The van der Waals surface area contributed by atoms with E-state index >= 15 is 0 Å². The number of rotatable bonds is 3. The lowest BCUT2D eigenvalue weighted by molar-refractivity contribution is -0.192. The second-order valence-electron chi connectivity index (χ2n) is 7.47. The van der Waals surface area contributed by atoms with Gasteiger partial charge in [-0.05, 0) is 38.2 Å². The third-order valence-corrected chi connectivity index (χ3v) is 5.44. The van der Waals surface area contributed by atoms with E-state index < -0.39 is 12.1 Å². The molecule has 1 fully saturated rings. The Bertz CT molecular complexity index is 1080. The van der Waals surface area contributed by atoms with Crippen molar-refractivity contribution in [2.24, 2.45) is 11.8 Å². The summed E-state index contributed by atoms with van der Waals surface area (Å²) in [6.07, 6.45) is 6.80. The lowest BCUT2D eigenvalue weighted by Gasteiger charge is -2.30. The van der Waals surface area contributed by atoms with Crippen LogP contribution in [0.15, 0.2) is 31.0 Å². The van der Waals surface area contributed by atoms with Gasteiger partial charge in [0.1, 0.15) is 12.0 Å². The van der Waals surface area contributed by atoms with E-state index in [4.69, 9.17) is 9.90 Å². The van der Waals surface area contributed by atoms with Gasteiger partial charge < -0.3 is 10.1 Å². The van der Waals surface area contributed by atoms with Crippen molar-refractivity contribution < 1.29 is 23.1 Å². The average molecular weight is 434 g/mol. The zero-order valence-electron chi connectivity index (χ0n) is 16.7. The number of hydrogen-bond acceptors (Lipinski definition) is 5. The molecule has 0 aromatic carbocycles. The Hall–Kier alpha value is -3.42. The molecule has 8 nitrogen and oxygen atoms in total. The van der Waals surface area contributed by atoms with E-state index in [2.05, 4.69) is 37.0 Å². The molecule has 1 aliphatic rings. The van der Waals surface area contributed by atoms with Gasteiger partial charge in [0.05, 0.1) is 24.0 Å². The second kappa shape index (κ2) is 9.16. The van der Waals surface area contributed by atoms with Crippen LogP contribution in [0, 0.1) is 23.2 Å². The van der Waals surface area contributed by atoms with Crippen LogP contribution in [-0.2, 0) is 4.79 Å². The fourth-order valence-electron chi connectivity index (χ4n) is 3.76. The summed E-state index contributed by atoms with van der Waals surface area (Å²) in [4.78, 5) is 20.7. The molecule has 4 rings (SSSR count). The van der Waals surface area contributed by atoms with Crippen molar-refractivity contribution in [3.05, 3.63) is 31.0 Å². The van der Waals surface area contributed by atoms with Crippen molar-refractivity contribution in [1.82, 2.24) is 24.7 Å². The zero-order chi connectivity index (χ0) is 22.6. The van der Waals surface area contributed by atoms with Crippen molar-refractivity contribution in [3.8, 4) is 17.3 Å². The van der Waals surface area contributed by atoms with Crippen molar-refractivity contribution in [1.29, 1.82) is 5.26 Å². The van der Waals surface area contributed by atoms with E-state index in [1.165, 1.54) is 0 Å². The first-order valence-electron chi connectivity index (χ1n) is 9.73. The molecule has 164 valence electrons. The van der Waals surface area contributed by atoms with Crippen molar-refractivity contribution >= 4 is 17.0 Å². The van der Waals surface area contributed by atoms with Crippen molar-refractivity contribution in [2.45, 2.75) is 44.8 Å². The quantitative estimate of drug-likeness (QED) is 0.632. The summed E-state index contributed by atoms with van der Waals surface area (Å²) in [6, 6.07) is 4.77. The molecule has 1 aliphatic carbocycles.